The van der Waals surface area contributed by atoms with Crippen LogP contribution in [0.5, 0.6) is 0 Å². The smallest absolute Gasteiger partial charge is 0.220 e. The molecule has 0 atom stereocenters. The maximum Gasteiger partial charge on any atom is 0.220 e. The Kier molecular flexibility index (Phi) is 4.65. The number of pyridine rings is 1. The molecular weight excluding hydrogens is 298 g/mol. The van der Waals surface area contributed by atoms with Gasteiger partial charge in [0, 0.05) is 25.6 Å². The molecule has 1 N–H and O–H groups in total. The first kappa shape index (κ1) is 16.2. The number of nitrogens with zero attached hydrogens (tertiary/aromatic N) is 2. The molecule has 1 amide bonds. The minimum absolute atomic E-state index is 0.0738. The summed E-state index contributed by atoms with van der Waals surface area (Å²) in [6.07, 6.45) is 5.04. The number of imidazole rings is 1. The van der Waals surface area contributed by atoms with Gasteiger partial charge in [0.1, 0.15) is 5.82 Å². The van der Waals surface area contributed by atoms with Crippen LogP contribution >= 0.6 is 0 Å². The zero-order valence-corrected chi connectivity index (χ0v) is 14.2. The third kappa shape index (κ3) is 3.65. The molecule has 0 fully saturated rings. The third-order valence-electron chi connectivity index (χ3n) is 4.34. The number of benzene rings is 1. The minimum atomic E-state index is -0.175. The van der Waals surface area contributed by atoms with Crippen molar-refractivity contribution in [3.8, 4) is 0 Å². The molecule has 124 valence electrons. The average molecular weight is 321 g/mol. The number of hydrogen-bond donors (Lipinski definition) is 1. The van der Waals surface area contributed by atoms with E-state index in [0.717, 1.165) is 17.8 Å². The van der Waals surface area contributed by atoms with Gasteiger partial charge in [0.2, 0.25) is 5.91 Å². The molecule has 3 rings (SSSR count). The second-order valence-electron chi connectivity index (χ2n) is 6.70. The van der Waals surface area contributed by atoms with Crippen molar-refractivity contribution in [2.75, 3.05) is 6.54 Å². The van der Waals surface area contributed by atoms with E-state index in [1.165, 1.54) is 5.56 Å². The summed E-state index contributed by atoms with van der Waals surface area (Å²) in [6.45, 7) is 4.80. The fourth-order valence-electron chi connectivity index (χ4n) is 2.95. The number of fused-ring (bicyclic) bond motifs is 1. The fraction of sp³-hybridized carbons (Fsp3) is 0.300. The standard InChI is InChI=1S/C20H23N3O/c1-20(2,16-8-4-3-5-9-16)14-19(24)21-12-11-18-22-15-17-10-6-7-13-23(17)18/h3-10,13,15H,11-12,14H2,1-2H3,(H,21,24). The number of hydrogen-bond acceptors (Lipinski definition) is 2. The third-order valence-corrected chi connectivity index (χ3v) is 4.34. The lowest BCUT2D eigenvalue weighted by Gasteiger charge is -2.24. The number of nitrogens with one attached hydrogen (secondary N) is 1. The molecule has 0 aliphatic carbocycles. The van der Waals surface area contributed by atoms with Gasteiger partial charge in [0.25, 0.3) is 0 Å². The van der Waals surface area contributed by atoms with Crippen LogP contribution in [0.4, 0.5) is 0 Å². The number of carbonyl (C=O) groups is 1. The molecule has 0 saturated heterocycles. The van der Waals surface area contributed by atoms with Crippen LogP contribution in [0.25, 0.3) is 5.52 Å². The molecule has 0 unspecified atom stereocenters. The lowest BCUT2D eigenvalue weighted by Crippen LogP contribution is -2.32. The van der Waals surface area contributed by atoms with Crippen molar-refractivity contribution in [2.24, 2.45) is 0 Å². The molecule has 0 aliphatic heterocycles. The van der Waals surface area contributed by atoms with E-state index in [2.05, 4.69) is 40.7 Å². The van der Waals surface area contributed by atoms with E-state index in [1.807, 2.05) is 48.8 Å². The zero-order valence-electron chi connectivity index (χ0n) is 14.2. The Morgan fingerprint density at radius 2 is 1.88 bits per heavy atom. The van der Waals surface area contributed by atoms with E-state index in [-0.39, 0.29) is 11.3 Å². The van der Waals surface area contributed by atoms with Gasteiger partial charge < -0.3 is 9.72 Å². The average Bonchev–Trinajstić information content (AvgIpc) is 2.99. The molecule has 24 heavy (non-hydrogen) atoms. The largest absolute Gasteiger partial charge is 0.356 e. The summed E-state index contributed by atoms with van der Waals surface area (Å²) in [6, 6.07) is 16.2. The van der Waals surface area contributed by atoms with Crippen LogP contribution in [0.1, 0.15) is 31.7 Å². The SMILES string of the molecule is CC(C)(CC(=O)NCCc1ncc2ccccn12)c1ccccc1. The van der Waals surface area contributed by atoms with Gasteiger partial charge in [-0.25, -0.2) is 4.98 Å². The Morgan fingerprint density at radius 3 is 2.67 bits per heavy atom. The van der Waals surface area contributed by atoms with Gasteiger partial charge in [-0.15, -0.1) is 0 Å². The van der Waals surface area contributed by atoms with Crippen molar-refractivity contribution in [3.05, 3.63) is 72.3 Å². The quantitative estimate of drug-likeness (QED) is 0.757. The molecular formula is C20H23N3O. The highest BCUT2D eigenvalue weighted by Gasteiger charge is 2.23. The lowest BCUT2D eigenvalue weighted by atomic mass is 9.81. The maximum atomic E-state index is 12.3. The molecule has 4 nitrogen and oxygen atoms in total. The number of rotatable bonds is 6. The normalized spacial score (nSPS) is 11.6. The summed E-state index contributed by atoms with van der Waals surface area (Å²) in [5.41, 5.74) is 2.08. The molecule has 0 aliphatic rings. The number of aromatic nitrogens is 2. The molecule has 2 aromatic heterocycles. The minimum Gasteiger partial charge on any atom is -0.356 e. The van der Waals surface area contributed by atoms with E-state index in [1.54, 1.807) is 0 Å². The molecule has 0 spiro atoms. The van der Waals surface area contributed by atoms with Crippen LogP contribution in [0.15, 0.2) is 60.9 Å². The second kappa shape index (κ2) is 6.87. The maximum absolute atomic E-state index is 12.3. The second-order valence-corrected chi connectivity index (χ2v) is 6.70. The monoisotopic (exact) mass is 321 g/mol. The summed E-state index contributed by atoms with van der Waals surface area (Å²) >= 11 is 0. The van der Waals surface area contributed by atoms with Crippen molar-refractivity contribution in [3.63, 3.8) is 0 Å². The summed E-state index contributed by atoms with van der Waals surface area (Å²) in [7, 11) is 0. The van der Waals surface area contributed by atoms with Crippen molar-refractivity contribution >= 4 is 11.4 Å². The van der Waals surface area contributed by atoms with E-state index < -0.39 is 0 Å². The summed E-state index contributed by atoms with van der Waals surface area (Å²) in [5, 5.41) is 3.02. The van der Waals surface area contributed by atoms with Crippen LogP contribution < -0.4 is 5.32 Å². The first-order valence-electron chi connectivity index (χ1n) is 8.29. The predicted octanol–water partition coefficient (Wildman–Crippen LogP) is 3.36. The molecule has 4 heteroatoms. The van der Waals surface area contributed by atoms with Crippen molar-refractivity contribution in [2.45, 2.75) is 32.1 Å². The van der Waals surface area contributed by atoms with Gasteiger partial charge in [0.15, 0.2) is 0 Å². The highest BCUT2D eigenvalue weighted by molar-refractivity contribution is 5.77. The van der Waals surface area contributed by atoms with Gasteiger partial charge >= 0.3 is 0 Å². The van der Waals surface area contributed by atoms with Crippen LogP contribution in [0, 0.1) is 0 Å². The Bertz CT molecular complexity index is 821. The van der Waals surface area contributed by atoms with Gasteiger partial charge in [-0.3, -0.25) is 4.79 Å². The first-order chi connectivity index (χ1) is 11.6. The highest BCUT2D eigenvalue weighted by atomic mass is 16.1. The molecule has 2 heterocycles. The topological polar surface area (TPSA) is 46.4 Å². The van der Waals surface area contributed by atoms with Crippen LogP contribution in [-0.4, -0.2) is 21.8 Å². The molecule has 3 aromatic rings. The van der Waals surface area contributed by atoms with E-state index >= 15 is 0 Å². The van der Waals surface area contributed by atoms with Gasteiger partial charge in [-0.1, -0.05) is 50.2 Å². The number of amides is 1. The highest BCUT2D eigenvalue weighted by Crippen LogP contribution is 2.26. The van der Waals surface area contributed by atoms with Gasteiger partial charge in [-0.05, 0) is 23.1 Å². The van der Waals surface area contributed by atoms with Crippen LogP contribution in [0.3, 0.4) is 0 Å². The summed E-state index contributed by atoms with van der Waals surface area (Å²) < 4.78 is 2.06. The molecule has 0 bridgehead atoms. The molecule has 1 aromatic carbocycles. The van der Waals surface area contributed by atoms with Crippen molar-refractivity contribution in [1.82, 2.24) is 14.7 Å². The van der Waals surface area contributed by atoms with Crippen LogP contribution in [-0.2, 0) is 16.6 Å². The Morgan fingerprint density at radius 1 is 1.12 bits per heavy atom. The van der Waals surface area contributed by atoms with Crippen molar-refractivity contribution in [1.29, 1.82) is 0 Å². The van der Waals surface area contributed by atoms with Gasteiger partial charge in [-0.2, -0.15) is 0 Å². The molecule has 0 radical (unpaired) electrons. The fourth-order valence-corrected chi connectivity index (χ4v) is 2.95. The van der Waals surface area contributed by atoms with Gasteiger partial charge in [0.05, 0.1) is 11.7 Å². The lowest BCUT2D eigenvalue weighted by molar-refractivity contribution is -0.122. The van der Waals surface area contributed by atoms with Crippen LogP contribution in [0.2, 0.25) is 0 Å². The van der Waals surface area contributed by atoms with E-state index in [0.29, 0.717) is 13.0 Å². The summed E-state index contributed by atoms with van der Waals surface area (Å²) in [4.78, 5) is 16.7. The molecule has 0 saturated carbocycles. The van der Waals surface area contributed by atoms with Crippen molar-refractivity contribution < 1.29 is 4.79 Å². The zero-order chi connectivity index (χ0) is 17.0. The first-order valence-corrected chi connectivity index (χ1v) is 8.29. The number of carbonyl (C=O) groups excluding carboxylic acids is 1. The summed E-state index contributed by atoms with van der Waals surface area (Å²) in [5.74, 6) is 1.04. The van der Waals surface area contributed by atoms with E-state index in [9.17, 15) is 4.79 Å². The Hall–Kier alpha value is -2.62. The van der Waals surface area contributed by atoms with E-state index in [4.69, 9.17) is 0 Å². The predicted molar refractivity (Wildman–Crippen MR) is 96.0 cm³/mol. The Labute approximate surface area is 142 Å². The Balaban J connectivity index is 1.54.